The van der Waals surface area contributed by atoms with Gasteiger partial charge in [0.05, 0.1) is 0 Å². The van der Waals surface area contributed by atoms with Crippen molar-refractivity contribution in [2.75, 3.05) is 6.54 Å². The maximum absolute atomic E-state index is 4.26. The van der Waals surface area contributed by atoms with Crippen molar-refractivity contribution < 1.29 is 0 Å². The molecule has 2 heterocycles. The molecule has 0 saturated heterocycles. The summed E-state index contributed by atoms with van der Waals surface area (Å²) in [5, 5.41) is 0. The minimum absolute atomic E-state index is 0.291. The lowest BCUT2D eigenvalue weighted by molar-refractivity contribution is 0.357. The van der Waals surface area contributed by atoms with Gasteiger partial charge >= 0.3 is 0 Å². The van der Waals surface area contributed by atoms with Crippen molar-refractivity contribution in [2.24, 2.45) is 4.99 Å². The van der Waals surface area contributed by atoms with Crippen LogP contribution in [0, 0.1) is 0 Å². The predicted octanol–water partition coefficient (Wildman–Crippen LogP) is 1.17. The first-order valence-corrected chi connectivity index (χ1v) is 3.59. The van der Waals surface area contributed by atoms with E-state index < -0.39 is 0 Å². The van der Waals surface area contributed by atoms with Gasteiger partial charge in [0.1, 0.15) is 6.17 Å². The fourth-order valence-corrected chi connectivity index (χ4v) is 1.26. The Morgan fingerprint density at radius 3 is 3.10 bits per heavy atom. The smallest absolute Gasteiger partial charge is 0.140 e. The summed E-state index contributed by atoms with van der Waals surface area (Å²) >= 11 is 0. The molecule has 0 N–H and O–H groups in total. The van der Waals surface area contributed by atoms with E-state index in [-0.39, 0.29) is 0 Å². The van der Waals surface area contributed by atoms with Crippen LogP contribution in [-0.4, -0.2) is 23.8 Å². The zero-order valence-corrected chi connectivity index (χ0v) is 5.77. The summed E-state index contributed by atoms with van der Waals surface area (Å²) < 4.78 is 0. The van der Waals surface area contributed by atoms with Crippen molar-refractivity contribution >= 4 is 6.21 Å². The van der Waals surface area contributed by atoms with Crippen molar-refractivity contribution in [2.45, 2.75) is 12.6 Å². The molecule has 52 valence electrons. The molecule has 0 aliphatic carbocycles. The summed E-state index contributed by atoms with van der Waals surface area (Å²) in [6.07, 6.45) is 11.7. The first-order chi connectivity index (χ1) is 4.97. The van der Waals surface area contributed by atoms with Crippen LogP contribution in [0.15, 0.2) is 29.4 Å². The molecule has 0 radical (unpaired) electrons. The Morgan fingerprint density at radius 2 is 2.50 bits per heavy atom. The molecule has 0 bridgehead atoms. The topological polar surface area (TPSA) is 15.6 Å². The van der Waals surface area contributed by atoms with E-state index in [9.17, 15) is 0 Å². The van der Waals surface area contributed by atoms with E-state index in [0.29, 0.717) is 6.17 Å². The largest absolute Gasteiger partial charge is 0.353 e. The maximum atomic E-state index is 4.26. The van der Waals surface area contributed by atoms with Crippen molar-refractivity contribution in [3.05, 3.63) is 24.4 Å². The molecule has 1 unspecified atom stereocenters. The quantitative estimate of drug-likeness (QED) is 0.525. The lowest BCUT2D eigenvalue weighted by Crippen LogP contribution is -2.23. The molecular formula is C8H10N2. The lowest BCUT2D eigenvalue weighted by atomic mass is 10.4. The van der Waals surface area contributed by atoms with E-state index in [1.54, 1.807) is 0 Å². The normalized spacial score (nSPS) is 28.8. The average molecular weight is 134 g/mol. The SMILES string of the molecule is C1=CC(N2C=CCC2)N=C1. The van der Waals surface area contributed by atoms with Gasteiger partial charge in [-0.3, -0.25) is 4.99 Å². The summed E-state index contributed by atoms with van der Waals surface area (Å²) in [5.41, 5.74) is 0. The minimum Gasteiger partial charge on any atom is -0.353 e. The van der Waals surface area contributed by atoms with Gasteiger partial charge in [-0.25, -0.2) is 0 Å². The summed E-state index contributed by atoms with van der Waals surface area (Å²) in [5.74, 6) is 0. The van der Waals surface area contributed by atoms with E-state index >= 15 is 0 Å². The van der Waals surface area contributed by atoms with E-state index in [0.717, 1.165) is 6.54 Å². The van der Waals surface area contributed by atoms with Gasteiger partial charge in [0.25, 0.3) is 0 Å². The fraction of sp³-hybridized carbons (Fsp3) is 0.375. The van der Waals surface area contributed by atoms with Gasteiger partial charge in [0.2, 0.25) is 0 Å². The highest BCUT2D eigenvalue weighted by Gasteiger charge is 2.13. The highest BCUT2D eigenvalue weighted by atomic mass is 15.2. The maximum Gasteiger partial charge on any atom is 0.140 e. The second-order valence-electron chi connectivity index (χ2n) is 2.51. The fourth-order valence-electron chi connectivity index (χ4n) is 1.26. The Bertz CT molecular complexity index is 191. The molecule has 0 aromatic carbocycles. The van der Waals surface area contributed by atoms with E-state index in [4.69, 9.17) is 0 Å². The number of allylic oxidation sites excluding steroid dienone is 1. The van der Waals surface area contributed by atoms with Gasteiger partial charge in [0.15, 0.2) is 0 Å². The first-order valence-electron chi connectivity index (χ1n) is 3.59. The van der Waals surface area contributed by atoms with Crippen LogP contribution < -0.4 is 0 Å². The number of hydrogen-bond donors (Lipinski definition) is 0. The van der Waals surface area contributed by atoms with Gasteiger partial charge < -0.3 is 4.90 Å². The molecule has 2 rings (SSSR count). The first kappa shape index (κ1) is 5.71. The van der Waals surface area contributed by atoms with Crippen LogP contribution in [0.4, 0.5) is 0 Å². The van der Waals surface area contributed by atoms with Gasteiger partial charge in [-0.15, -0.1) is 0 Å². The van der Waals surface area contributed by atoms with Gasteiger partial charge in [-0.1, -0.05) is 6.08 Å². The van der Waals surface area contributed by atoms with Crippen LogP contribution in [0.25, 0.3) is 0 Å². The zero-order valence-electron chi connectivity index (χ0n) is 5.77. The summed E-state index contributed by atoms with van der Waals surface area (Å²) in [6.45, 7) is 1.12. The van der Waals surface area contributed by atoms with E-state index in [1.165, 1.54) is 6.42 Å². The highest BCUT2D eigenvalue weighted by molar-refractivity contribution is 5.74. The van der Waals surface area contributed by atoms with Crippen molar-refractivity contribution in [3.8, 4) is 0 Å². The third-order valence-corrected chi connectivity index (χ3v) is 1.80. The Hall–Kier alpha value is -1.05. The zero-order chi connectivity index (χ0) is 6.81. The molecule has 2 aliphatic rings. The summed E-state index contributed by atoms with van der Waals surface area (Å²) in [7, 11) is 0. The van der Waals surface area contributed by atoms with Gasteiger partial charge in [0, 0.05) is 12.8 Å². The van der Waals surface area contributed by atoms with Crippen LogP contribution in [0.1, 0.15) is 6.42 Å². The molecule has 0 aromatic rings. The Kier molecular flexibility index (Phi) is 1.31. The molecule has 0 amide bonds. The molecule has 0 fully saturated rings. The second-order valence-corrected chi connectivity index (χ2v) is 2.51. The number of rotatable bonds is 1. The molecule has 10 heavy (non-hydrogen) atoms. The highest BCUT2D eigenvalue weighted by Crippen LogP contribution is 2.12. The van der Waals surface area contributed by atoms with Crippen LogP contribution in [0.3, 0.4) is 0 Å². The van der Waals surface area contributed by atoms with Crippen LogP contribution >= 0.6 is 0 Å². The van der Waals surface area contributed by atoms with Crippen LogP contribution in [0.5, 0.6) is 0 Å². The molecule has 0 saturated carbocycles. The molecular weight excluding hydrogens is 124 g/mol. The third-order valence-electron chi connectivity index (χ3n) is 1.80. The summed E-state index contributed by atoms with van der Waals surface area (Å²) in [6, 6.07) is 0. The molecule has 1 atom stereocenters. The average Bonchev–Trinajstić information content (AvgIpc) is 2.59. The van der Waals surface area contributed by atoms with E-state index in [2.05, 4.69) is 28.2 Å². The molecule has 2 nitrogen and oxygen atoms in total. The standard InChI is InChI=1S/C8H10N2/c1-2-7-10(6-1)8-4-3-5-9-8/h1,3-6,8H,2,7H2. The Balaban J connectivity index is 2.05. The Morgan fingerprint density at radius 1 is 1.50 bits per heavy atom. The number of aliphatic imine (C=N–C) groups is 1. The van der Waals surface area contributed by atoms with Crippen LogP contribution in [0.2, 0.25) is 0 Å². The number of hydrogen-bond acceptors (Lipinski definition) is 2. The Labute approximate surface area is 60.6 Å². The lowest BCUT2D eigenvalue weighted by Gasteiger charge is -2.18. The molecule has 0 aromatic heterocycles. The van der Waals surface area contributed by atoms with Crippen molar-refractivity contribution in [1.82, 2.24) is 4.90 Å². The van der Waals surface area contributed by atoms with Crippen molar-refractivity contribution in [3.63, 3.8) is 0 Å². The second kappa shape index (κ2) is 2.29. The van der Waals surface area contributed by atoms with Crippen LogP contribution in [-0.2, 0) is 0 Å². The third kappa shape index (κ3) is 0.856. The monoisotopic (exact) mass is 134 g/mol. The van der Waals surface area contributed by atoms with Gasteiger partial charge in [-0.05, 0) is 24.8 Å². The minimum atomic E-state index is 0.291. The van der Waals surface area contributed by atoms with Crippen molar-refractivity contribution in [1.29, 1.82) is 0 Å². The molecule has 2 aliphatic heterocycles. The number of nitrogens with zero attached hydrogens (tertiary/aromatic N) is 2. The van der Waals surface area contributed by atoms with E-state index in [1.807, 2.05) is 12.3 Å². The summed E-state index contributed by atoms with van der Waals surface area (Å²) in [4.78, 5) is 6.49. The van der Waals surface area contributed by atoms with Gasteiger partial charge in [-0.2, -0.15) is 0 Å². The molecule has 0 spiro atoms. The molecule has 2 heteroatoms. The predicted molar refractivity (Wildman–Crippen MR) is 41.9 cm³/mol.